The summed E-state index contributed by atoms with van der Waals surface area (Å²) in [4.78, 5) is 0. The molecule has 0 aliphatic carbocycles. The first-order valence-electron chi connectivity index (χ1n) is 5.86. The van der Waals surface area contributed by atoms with Gasteiger partial charge in [-0.2, -0.15) is 0 Å². The summed E-state index contributed by atoms with van der Waals surface area (Å²) < 4.78 is 16.0. The maximum absolute atomic E-state index is 6.15. The minimum absolute atomic E-state index is 0.385. The quantitative estimate of drug-likeness (QED) is 0.466. The lowest BCUT2D eigenvalue weighted by atomic mass is 9.91. The van der Waals surface area contributed by atoms with E-state index in [1.807, 2.05) is 0 Å². The van der Waals surface area contributed by atoms with Gasteiger partial charge in [0, 0.05) is 39.5 Å². The minimum Gasteiger partial charge on any atom is -0.377 e. The largest absolute Gasteiger partial charge is 0.500 e. The summed E-state index contributed by atoms with van der Waals surface area (Å²) in [5, 5.41) is 0. The summed E-state index contributed by atoms with van der Waals surface area (Å²) in [5.74, 6) is 0. The molecule has 1 atom stereocenters. The lowest BCUT2D eigenvalue weighted by molar-refractivity contribution is 0.122. The molecule has 0 spiro atoms. The van der Waals surface area contributed by atoms with Crippen LogP contribution in [0.15, 0.2) is 0 Å². The summed E-state index contributed by atoms with van der Waals surface area (Å²) in [6.07, 6.45) is 2.38. The van der Waals surface area contributed by atoms with E-state index in [1.165, 1.54) is 0 Å². The Morgan fingerprint density at radius 1 is 1.00 bits per heavy atom. The van der Waals surface area contributed by atoms with Crippen molar-refractivity contribution in [2.75, 3.05) is 34.4 Å². The molecule has 0 bridgehead atoms. The molecule has 0 aromatic carbocycles. The number of rotatable bonds is 10. The second-order valence-electron chi connectivity index (χ2n) is 4.25. The van der Waals surface area contributed by atoms with Gasteiger partial charge in [-0.1, -0.05) is 0 Å². The zero-order valence-corrected chi connectivity index (χ0v) is 12.2. The van der Waals surface area contributed by atoms with Crippen LogP contribution in [0.1, 0.15) is 19.3 Å². The molecule has 0 fully saturated rings. The molecule has 0 aliphatic rings. The van der Waals surface area contributed by atoms with E-state index in [9.17, 15) is 0 Å². The van der Waals surface area contributed by atoms with Crippen molar-refractivity contribution in [3.8, 4) is 0 Å². The number of nitrogens with two attached hydrogens (primary N) is 3. The zero-order chi connectivity index (χ0) is 13.4. The van der Waals surface area contributed by atoms with Crippen molar-refractivity contribution >= 4 is 8.80 Å². The topological polar surface area (TPSA) is 106 Å². The third-order valence-electron chi connectivity index (χ3n) is 3.14. The molecule has 0 aromatic heterocycles. The standard InChI is InChI=1S/C10H27N3O3Si/c1-14-17(15-2,16-3)8-4-5-10(13,9-12)6-7-11/h4-9,11-13H2,1-3H3. The average Bonchev–Trinajstić information content (AvgIpc) is 2.36. The van der Waals surface area contributed by atoms with Crippen LogP contribution in [0, 0.1) is 0 Å². The molecule has 0 radical (unpaired) electrons. The molecule has 0 saturated heterocycles. The van der Waals surface area contributed by atoms with Gasteiger partial charge in [-0.3, -0.25) is 0 Å². The van der Waals surface area contributed by atoms with Gasteiger partial charge in [0.1, 0.15) is 0 Å². The molecule has 104 valence electrons. The molecule has 1 unspecified atom stereocenters. The highest BCUT2D eigenvalue weighted by atomic mass is 28.4. The first-order chi connectivity index (χ1) is 8.01. The van der Waals surface area contributed by atoms with Crippen LogP contribution >= 0.6 is 0 Å². The van der Waals surface area contributed by atoms with Crippen molar-refractivity contribution in [1.82, 2.24) is 0 Å². The summed E-state index contributed by atoms with van der Waals surface area (Å²) in [5.41, 5.74) is 17.0. The molecule has 17 heavy (non-hydrogen) atoms. The van der Waals surface area contributed by atoms with Crippen LogP contribution in [0.2, 0.25) is 6.04 Å². The van der Waals surface area contributed by atoms with Crippen LogP contribution in [-0.2, 0) is 13.3 Å². The molecule has 7 heteroatoms. The van der Waals surface area contributed by atoms with Crippen molar-refractivity contribution in [2.24, 2.45) is 17.2 Å². The first kappa shape index (κ1) is 17.0. The molecule has 0 rings (SSSR count). The van der Waals surface area contributed by atoms with Gasteiger partial charge in [-0.15, -0.1) is 0 Å². The van der Waals surface area contributed by atoms with Gasteiger partial charge < -0.3 is 30.5 Å². The highest BCUT2D eigenvalue weighted by Gasteiger charge is 2.37. The van der Waals surface area contributed by atoms with Gasteiger partial charge >= 0.3 is 8.80 Å². The molecular formula is C10H27N3O3Si. The molecule has 6 N–H and O–H groups in total. The summed E-state index contributed by atoms with van der Waals surface area (Å²) >= 11 is 0. The highest BCUT2D eigenvalue weighted by Crippen LogP contribution is 2.20. The monoisotopic (exact) mass is 265 g/mol. The highest BCUT2D eigenvalue weighted by molar-refractivity contribution is 6.60. The van der Waals surface area contributed by atoms with Gasteiger partial charge in [0.05, 0.1) is 0 Å². The summed E-state index contributed by atoms with van der Waals surface area (Å²) in [7, 11) is 2.35. The van der Waals surface area contributed by atoms with Crippen LogP contribution in [0.25, 0.3) is 0 Å². The van der Waals surface area contributed by atoms with E-state index in [4.69, 9.17) is 30.5 Å². The number of hydrogen-bond acceptors (Lipinski definition) is 6. The molecule has 0 aromatic rings. The zero-order valence-electron chi connectivity index (χ0n) is 11.2. The van der Waals surface area contributed by atoms with Crippen molar-refractivity contribution in [3.63, 3.8) is 0 Å². The van der Waals surface area contributed by atoms with Gasteiger partial charge in [-0.25, -0.2) is 0 Å². The maximum Gasteiger partial charge on any atom is 0.500 e. The van der Waals surface area contributed by atoms with Gasteiger partial charge in [0.25, 0.3) is 0 Å². The van der Waals surface area contributed by atoms with Crippen LogP contribution < -0.4 is 17.2 Å². The lowest BCUT2D eigenvalue weighted by Crippen LogP contribution is -2.49. The Hall–Kier alpha value is -0.0231. The Morgan fingerprint density at radius 2 is 1.53 bits per heavy atom. The predicted octanol–water partition coefficient (Wildman–Crippen LogP) is -0.350. The second-order valence-corrected chi connectivity index (χ2v) is 7.34. The van der Waals surface area contributed by atoms with E-state index in [0.29, 0.717) is 13.1 Å². The van der Waals surface area contributed by atoms with Gasteiger partial charge in [-0.05, 0) is 25.8 Å². The van der Waals surface area contributed by atoms with E-state index < -0.39 is 8.80 Å². The third-order valence-corrected chi connectivity index (χ3v) is 5.97. The fourth-order valence-electron chi connectivity index (χ4n) is 1.83. The molecule has 6 nitrogen and oxygen atoms in total. The van der Waals surface area contributed by atoms with E-state index in [2.05, 4.69) is 0 Å². The fraction of sp³-hybridized carbons (Fsp3) is 1.00. The predicted molar refractivity (Wildman–Crippen MR) is 70.5 cm³/mol. The van der Waals surface area contributed by atoms with Crippen molar-refractivity contribution in [2.45, 2.75) is 30.8 Å². The Bertz CT molecular complexity index is 197. The van der Waals surface area contributed by atoms with Crippen LogP contribution in [-0.4, -0.2) is 48.8 Å². The lowest BCUT2D eigenvalue weighted by Gasteiger charge is -2.29. The van der Waals surface area contributed by atoms with Crippen molar-refractivity contribution in [1.29, 1.82) is 0 Å². The van der Waals surface area contributed by atoms with Gasteiger partial charge in [0.2, 0.25) is 0 Å². The number of hydrogen-bond donors (Lipinski definition) is 3. The van der Waals surface area contributed by atoms with E-state index >= 15 is 0 Å². The average molecular weight is 265 g/mol. The Balaban J connectivity index is 4.18. The Labute approximate surface area is 105 Å². The third kappa shape index (κ3) is 5.43. The smallest absolute Gasteiger partial charge is 0.377 e. The van der Waals surface area contributed by atoms with Crippen LogP contribution in [0.3, 0.4) is 0 Å². The molecule has 0 amide bonds. The molecule has 0 saturated carbocycles. The second kappa shape index (κ2) is 8.14. The maximum atomic E-state index is 6.15. The molecular weight excluding hydrogens is 238 g/mol. The Kier molecular flexibility index (Phi) is 8.13. The van der Waals surface area contributed by atoms with Crippen LogP contribution in [0.4, 0.5) is 0 Å². The summed E-state index contributed by atoms with van der Waals surface area (Å²) in [6, 6.07) is 0.736. The van der Waals surface area contributed by atoms with E-state index in [0.717, 1.165) is 25.3 Å². The normalized spacial score (nSPS) is 15.9. The van der Waals surface area contributed by atoms with Crippen molar-refractivity contribution < 1.29 is 13.3 Å². The molecule has 0 heterocycles. The SMILES string of the molecule is CO[Si](CCCC(N)(CN)CCN)(OC)OC. The van der Waals surface area contributed by atoms with E-state index in [1.54, 1.807) is 21.3 Å². The minimum atomic E-state index is -2.48. The first-order valence-corrected chi connectivity index (χ1v) is 7.79. The fourth-order valence-corrected chi connectivity index (χ4v) is 3.55. The summed E-state index contributed by atoms with van der Waals surface area (Å²) in [6.45, 7) is 0.987. The van der Waals surface area contributed by atoms with Crippen LogP contribution in [0.5, 0.6) is 0 Å². The van der Waals surface area contributed by atoms with Gasteiger partial charge in [0.15, 0.2) is 0 Å². The Morgan fingerprint density at radius 3 is 1.88 bits per heavy atom. The van der Waals surface area contributed by atoms with Crippen molar-refractivity contribution in [3.05, 3.63) is 0 Å². The van der Waals surface area contributed by atoms with E-state index in [-0.39, 0.29) is 5.54 Å². The molecule has 0 aliphatic heterocycles.